The Morgan fingerprint density at radius 2 is 2.42 bits per heavy atom. The molecule has 0 spiro atoms. The van der Waals surface area contributed by atoms with E-state index in [-0.39, 0.29) is 6.04 Å². The average Bonchev–Trinajstić information content (AvgIpc) is 2.57. The minimum Gasteiger partial charge on any atom is -0.367 e. The van der Waals surface area contributed by atoms with Gasteiger partial charge in [0.15, 0.2) is 0 Å². The number of aromatic amines is 1. The number of rotatable bonds is 1. The Morgan fingerprint density at radius 1 is 1.50 bits per heavy atom. The number of aromatic nitrogens is 4. The number of nitrogens with zero attached hydrogens (tertiary/aromatic N) is 4. The van der Waals surface area contributed by atoms with Crippen molar-refractivity contribution < 1.29 is 0 Å². The molecule has 1 aliphatic rings. The molecule has 0 aromatic carbocycles. The summed E-state index contributed by atoms with van der Waals surface area (Å²) in [7, 11) is 1.97. The standard InChI is InChI=1S/C7H9N5/c1-12-5-3-2-4-6(12)7-8-10-11-9-7/h2-6H,1H3,(H,8,9,10,11). The predicted octanol–water partition coefficient (Wildman–Crippen LogP) is 0.256. The fourth-order valence-electron chi connectivity index (χ4n) is 1.15. The molecule has 1 aromatic rings. The highest BCUT2D eigenvalue weighted by Gasteiger charge is 2.16. The van der Waals surface area contributed by atoms with Crippen molar-refractivity contribution in [2.75, 3.05) is 7.05 Å². The lowest BCUT2D eigenvalue weighted by Gasteiger charge is -2.22. The van der Waals surface area contributed by atoms with Crippen LogP contribution in [0.4, 0.5) is 0 Å². The second kappa shape index (κ2) is 2.77. The third-order valence-corrected chi connectivity index (χ3v) is 1.79. The fourth-order valence-corrected chi connectivity index (χ4v) is 1.15. The number of likely N-dealkylation sites (N-methyl/N-ethyl adjacent to an activating group) is 1. The van der Waals surface area contributed by atoms with Crippen LogP contribution in [0.2, 0.25) is 0 Å². The Labute approximate surface area is 69.8 Å². The van der Waals surface area contributed by atoms with Gasteiger partial charge in [-0.1, -0.05) is 17.4 Å². The molecule has 5 nitrogen and oxygen atoms in total. The number of H-pyrrole nitrogens is 1. The molecule has 2 heterocycles. The Hall–Kier alpha value is -1.65. The largest absolute Gasteiger partial charge is 0.367 e. The maximum Gasteiger partial charge on any atom is 0.200 e. The van der Waals surface area contributed by atoms with Gasteiger partial charge in [0.05, 0.1) is 0 Å². The second-order valence-corrected chi connectivity index (χ2v) is 2.61. The van der Waals surface area contributed by atoms with Crippen molar-refractivity contribution in [3.63, 3.8) is 0 Å². The van der Waals surface area contributed by atoms with Crippen LogP contribution in [0.5, 0.6) is 0 Å². The van der Waals surface area contributed by atoms with Gasteiger partial charge in [0.2, 0.25) is 5.82 Å². The first-order valence-corrected chi connectivity index (χ1v) is 3.68. The minimum atomic E-state index is 0.105. The third-order valence-electron chi connectivity index (χ3n) is 1.79. The number of hydrogen-bond acceptors (Lipinski definition) is 4. The van der Waals surface area contributed by atoms with Crippen LogP contribution in [0.15, 0.2) is 24.4 Å². The van der Waals surface area contributed by atoms with E-state index >= 15 is 0 Å². The van der Waals surface area contributed by atoms with Crippen molar-refractivity contribution in [2.45, 2.75) is 6.04 Å². The molecule has 0 amide bonds. The van der Waals surface area contributed by atoms with Crippen LogP contribution in [-0.2, 0) is 0 Å². The normalized spacial score (nSPS) is 21.8. The summed E-state index contributed by atoms with van der Waals surface area (Å²) in [6.07, 6.45) is 7.93. The number of allylic oxidation sites excluding steroid dienone is 2. The molecular formula is C7H9N5. The van der Waals surface area contributed by atoms with Gasteiger partial charge >= 0.3 is 0 Å². The minimum absolute atomic E-state index is 0.105. The summed E-state index contributed by atoms with van der Waals surface area (Å²) in [4.78, 5) is 2.02. The summed E-state index contributed by atoms with van der Waals surface area (Å²) in [5.74, 6) is 0.693. The second-order valence-electron chi connectivity index (χ2n) is 2.61. The zero-order valence-electron chi connectivity index (χ0n) is 6.68. The van der Waals surface area contributed by atoms with Crippen molar-refractivity contribution in [2.24, 2.45) is 0 Å². The first-order valence-electron chi connectivity index (χ1n) is 3.68. The van der Waals surface area contributed by atoms with Crippen LogP contribution < -0.4 is 0 Å². The van der Waals surface area contributed by atoms with Gasteiger partial charge in [0.25, 0.3) is 0 Å². The highest BCUT2D eigenvalue weighted by Crippen LogP contribution is 2.18. The number of nitrogens with one attached hydrogen (secondary N) is 1. The fraction of sp³-hybridized carbons (Fsp3) is 0.286. The maximum absolute atomic E-state index is 3.92. The van der Waals surface area contributed by atoms with Gasteiger partial charge in [0.1, 0.15) is 6.04 Å². The maximum atomic E-state index is 3.92. The monoisotopic (exact) mass is 163 g/mol. The van der Waals surface area contributed by atoms with Crippen LogP contribution in [0.25, 0.3) is 0 Å². The summed E-state index contributed by atoms with van der Waals surface area (Å²) < 4.78 is 0. The quantitative estimate of drug-likeness (QED) is 0.645. The molecule has 2 rings (SSSR count). The first-order chi connectivity index (χ1) is 5.88. The average molecular weight is 163 g/mol. The van der Waals surface area contributed by atoms with E-state index in [1.54, 1.807) is 0 Å². The van der Waals surface area contributed by atoms with Crippen LogP contribution >= 0.6 is 0 Å². The molecule has 0 fully saturated rings. The van der Waals surface area contributed by atoms with Crippen LogP contribution in [-0.4, -0.2) is 32.6 Å². The molecule has 0 saturated carbocycles. The highest BCUT2D eigenvalue weighted by molar-refractivity contribution is 5.16. The Balaban J connectivity index is 2.25. The molecule has 1 aliphatic heterocycles. The van der Waals surface area contributed by atoms with E-state index in [1.807, 2.05) is 36.4 Å². The molecule has 0 aliphatic carbocycles. The predicted molar refractivity (Wildman–Crippen MR) is 43.0 cm³/mol. The van der Waals surface area contributed by atoms with Crippen LogP contribution in [0.1, 0.15) is 11.9 Å². The zero-order chi connectivity index (χ0) is 8.39. The Morgan fingerprint density at radius 3 is 3.08 bits per heavy atom. The SMILES string of the molecule is CN1C=CC=CC1c1nn[nH]n1. The Bertz CT molecular complexity index is 300. The summed E-state index contributed by atoms with van der Waals surface area (Å²) in [6.45, 7) is 0. The lowest BCUT2D eigenvalue weighted by molar-refractivity contribution is 0.375. The summed E-state index contributed by atoms with van der Waals surface area (Å²) in [6, 6.07) is 0.105. The van der Waals surface area contributed by atoms with Gasteiger partial charge in [-0.05, 0) is 12.3 Å². The van der Waals surface area contributed by atoms with E-state index in [9.17, 15) is 0 Å². The summed E-state index contributed by atoms with van der Waals surface area (Å²) in [5.41, 5.74) is 0. The molecule has 0 bridgehead atoms. The third kappa shape index (κ3) is 1.09. The Kier molecular flexibility index (Phi) is 1.62. The number of tetrazole rings is 1. The molecule has 62 valence electrons. The molecule has 0 saturated heterocycles. The molecule has 1 N–H and O–H groups in total. The van der Waals surface area contributed by atoms with Gasteiger partial charge in [-0.15, -0.1) is 10.2 Å². The molecule has 0 radical (unpaired) electrons. The van der Waals surface area contributed by atoms with Crippen LogP contribution in [0, 0.1) is 0 Å². The van der Waals surface area contributed by atoms with Gasteiger partial charge in [-0.2, -0.15) is 5.21 Å². The lowest BCUT2D eigenvalue weighted by Crippen LogP contribution is -2.19. The van der Waals surface area contributed by atoms with Crippen molar-refractivity contribution in [1.82, 2.24) is 25.5 Å². The van der Waals surface area contributed by atoms with Crippen molar-refractivity contribution in [1.29, 1.82) is 0 Å². The van der Waals surface area contributed by atoms with E-state index in [0.717, 1.165) is 0 Å². The molecule has 5 heteroatoms. The van der Waals surface area contributed by atoms with E-state index in [2.05, 4.69) is 20.6 Å². The van der Waals surface area contributed by atoms with Gasteiger partial charge in [0, 0.05) is 7.05 Å². The molecule has 12 heavy (non-hydrogen) atoms. The topological polar surface area (TPSA) is 57.7 Å². The molecule has 1 atom stereocenters. The van der Waals surface area contributed by atoms with E-state index in [1.165, 1.54) is 0 Å². The lowest BCUT2D eigenvalue weighted by atomic mass is 10.2. The first kappa shape index (κ1) is 7.02. The summed E-state index contributed by atoms with van der Waals surface area (Å²) in [5, 5.41) is 13.8. The summed E-state index contributed by atoms with van der Waals surface area (Å²) >= 11 is 0. The van der Waals surface area contributed by atoms with E-state index in [4.69, 9.17) is 0 Å². The molecule has 1 unspecified atom stereocenters. The van der Waals surface area contributed by atoms with Gasteiger partial charge in [-0.3, -0.25) is 0 Å². The van der Waals surface area contributed by atoms with Crippen molar-refractivity contribution >= 4 is 0 Å². The van der Waals surface area contributed by atoms with E-state index < -0.39 is 0 Å². The smallest absolute Gasteiger partial charge is 0.200 e. The molecular weight excluding hydrogens is 154 g/mol. The van der Waals surface area contributed by atoms with E-state index in [0.29, 0.717) is 5.82 Å². The van der Waals surface area contributed by atoms with Crippen molar-refractivity contribution in [3.8, 4) is 0 Å². The van der Waals surface area contributed by atoms with Crippen molar-refractivity contribution in [3.05, 3.63) is 30.3 Å². The number of hydrogen-bond donors (Lipinski definition) is 1. The van der Waals surface area contributed by atoms with Gasteiger partial charge in [-0.25, -0.2) is 0 Å². The zero-order valence-corrected chi connectivity index (χ0v) is 6.68. The van der Waals surface area contributed by atoms with Gasteiger partial charge < -0.3 is 4.90 Å². The highest BCUT2D eigenvalue weighted by atomic mass is 15.5. The van der Waals surface area contributed by atoms with Crippen LogP contribution in [0.3, 0.4) is 0 Å². The molecule has 1 aromatic heterocycles.